The SMILES string of the molecule is CC(C)N1CC(C(O)(Oc2ccc3c(c2)CCC3)c2ccccc2)OCC1=O. The molecule has 2 aliphatic rings. The maximum absolute atomic E-state index is 12.2. The Morgan fingerprint density at radius 3 is 2.64 bits per heavy atom. The number of aliphatic hydroxyl groups is 1. The first-order valence-electron chi connectivity index (χ1n) is 9.97. The molecule has 4 rings (SSSR count). The molecular weight excluding hydrogens is 354 g/mol. The zero-order valence-electron chi connectivity index (χ0n) is 16.4. The van der Waals surface area contributed by atoms with Crippen LogP contribution < -0.4 is 4.74 Å². The summed E-state index contributed by atoms with van der Waals surface area (Å²) in [6.07, 6.45) is 2.59. The van der Waals surface area contributed by atoms with Crippen LogP contribution in [0.15, 0.2) is 48.5 Å². The summed E-state index contributed by atoms with van der Waals surface area (Å²) in [5.74, 6) is -1.15. The number of morpholine rings is 1. The Morgan fingerprint density at radius 2 is 1.89 bits per heavy atom. The average molecular weight is 381 g/mol. The number of benzene rings is 2. The van der Waals surface area contributed by atoms with E-state index in [1.165, 1.54) is 11.1 Å². The van der Waals surface area contributed by atoms with Gasteiger partial charge in [0, 0.05) is 11.6 Å². The average Bonchev–Trinajstić information content (AvgIpc) is 3.16. The molecule has 1 aliphatic carbocycles. The Balaban J connectivity index is 1.68. The van der Waals surface area contributed by atoms with Crippen molar-refractivity contribution in [3.63, 3.8) is 0 Å². The van der Waals surface area contributed by atoms with Crippen molar-refractivity contribution in [2.45, 2.75) is 51.0 Å². The van der Waals surface area contributed by atoms with Gasteiger partial charge in [-0.05, 0) is 56.4 Å². The quantitative estimate of drug-likeness (QED) is 0.809. The Bertz CT molecular complexity index is 851. The first-order valence-corrected chi connectivity index (χ1v) is 9.97. The first-order chi connectivity index (χ1) is 13.5. The van der Waals surface area contributed by atoms with Crippen LogP contribution >= 0.6 is 0 Å². The molecule has 0 spiro atoms. The molecule has 1 fully saturated rings. The molecule has 5 nitrogen and oxygen atoms in total. The van der Waals surface area contributed by atoms with E-state index in [-0.39, 0.29) is 25.1 Å². The van der Waals surface area contributed by atoms with E-state index in [1.807, 2.05) is 56.3 Å². The van der Waals surface area contributed by atoms with E-state index in [4.69, 9.17) is 9.47 Å². The summed E-state index contributed by atoms with van der Waals surface area (Å²) in [6.45, 7) is 4.13. The third kappa shape index (κ3) is 3.52. The fourth-order valence-corrected chi connectivity index (χ4v) is 4.10. The maximum Gasteiger partial charge on any atom is 0.263 e. The van der Waals surface area contributed by atoms with E-state index in [9.17, 15) is 9.90 Å². The normalized spacial score (nSPS) is 21.5. The molecule has 148 valence electrons. The fourth-order valence-electron chi connectivity index (χ4n) is 4.10. The van der Waals surface area contributed by atoms with Crippen molar-refractivity contribution in [3.8, 4) is 5.75 Å². The van der Waals surface area contributed by atoms with Gasteiger partial charge in [-0.25, -0.2) is 0 Å². The summed E-state index contributed by atoms with van der Waals surface area (Å²) in [5, 5.41) is 11.7. The van der Waals surface area contributed by atoms with Gasteiger partial charge in [-0.1, -0.05) is 36.4 Å². The number of amides is 1. The van der Waals surface area contributed by atoms with Gasteiger partial charge in [-0.3, -0.25) is 4.79 Å². The van der Waals surface area contributed by atoms with E-state index in [0.29, 0.717) is 11.3 Å². The van der Waals surface area contributed by atoms with Gasteiger partial charge in [0.2, 0.25) is 5.91 Å². The molecule has 1 aliphatic heterocycles. The number of carbonyl (C=O) groups is 1. The smallest absolute Gasteiger partial charge is 0.263 e. The van der Waals surface area contributed by atoms with Gasteiger partial charge in [0.1, 0.15) is 18.5 Å². The van der Waals surface area contributed by atoms with E-state index in [2.05, 4.69) is 6.07 Å². The fraction of sp³-hybridized carbons (Fsp3) is 0.435. The number of nitrogens with zero attached hydrogens (tertiary/aromatic N) is 1. The van der Waals surface area contributed by atoms with Crippen LogP contribution in [0, 0.1) is 0 Å². The van der Waals surface area contributed by atoms with E-state index in [1.54, 1.807) is 4.90 Å². The zero-order chi connectivity index (χ0) is 19.7. The van der Waals surface area contributed by atoms with Crippen LogP contribution in [0.2, 0.25) is 0 Å². The van der Waals surface area contributed by atoms with Crippen LogP contribution in [-0.4, -0.2) is 41.2 Å². The van der Waals surface area contributed by atoms with Gasteiger partial charge in [-0.15, -0.1) is 0 Å². The van der Waals surface area contributed by atoms with E-state index in [0.717, 1.165) is 19.3 Å². The monoisotopic (exact) mass is 381 g/mol. The first kappa shape index (κ1) is 19.0. The van der Waals surface area contributed by atoms with Crippen LogP contribution in [0.1, 0.15) is 37.0 Å². The lowest BCUT2D eigenvalue weighted by atomic mass is 9.97. The van der Waals surface area contributed by atoms with Crippen LogP contribution in [0.4, 0.5) is 0 Å². The molecule has 2 unspecified atom stereocenters. The number of aryl methyl sites for hydroxylation is 2. The molecule has 2 atom stereocenters. The molecule has 2 aromatic carbocycles. The summed E-state index contributed by atoms with van der Waals surface area (Å²) in [7, 11) is 0. The Kier molecular flexibility index (Phi) is 5.13. The van der Waals surface area contributed by atoms with Gasteiger partial charge < -0.3 is 19.5 Å². The lowest BCUT2D eigenvalue weighted by molar-refractivity contribution is -0.244. The highest BCUT2D eigenvalue weighted by molar-refractivity contribution is 5.78. The second-order valence-corrected chi connectivity index (χ2v) is 7.89. The molecule has 0 radical (unpaired) electrons. The minimum Gasteiger partial charge on any atom is -0.455 e. The number of hydrogen-bond donors (Lipinski definition) is 1. The predicted molar refractivity (Wildman–Crippen MR) is 106 cm³/mol. The van der Waals surface area contributed by atoms with E-state index >= 15 is 0 Å². The second-order valence-electron chi connectivity index (χ2n) is 7.89. The maximum atomic E-state index is 12.2. The lowest BCUT2D eigenvalue weighted by Gasteiger charge is -2.42. The molecule has 1 amide bonds. The topological polar surface area (TPSA) is 59.0 Å². The molecule has 1 N–H and O–H groups in total. The Morgan fingerprint density at radius 1 is 1.14 bits per heavy atom. The van der Waals surface area contributed by atoms with Crippen molar-refractivity contribution in [1.82, 2.24) is 4.90 Å². The van der Waals surface area contributed by atoms with Crippen LogP contribution in [0.3, 0.4) is 0 Å². The van der Waals surface area contributed by atoms with Gasteiger partial charge >= 0.3 is 0 Å². The standard InChI is InChI=1S/C23H27NO4/c1-16(2)24-14-21(27-15-22(24)25)23(26,19-9-4-3-5-10-19)28-20-12-11-17-7-6-8-18(17)13-20/h3-5,9-13,16,21,26H,6-8,14-15H2,1-2H3. The minimum absolute atomic E-state index is 0.0268. The summed E-state index contributed by atoms with van der Waals surface area (Å²) in [5.41, 5.74) is 3.23. The van der Waals surface area contributed by atoms with Crippen molar-refractivity contribution in [2.24, 2.45) is 0 Å². The van der Waals surface area contributed by atoms with Crippen molar-refractivity contribution >= 4 is 5.91 Å². The van der Waals surface area contributed by atoms with Crippen LogP contribution in [0.25, 0.3) is 0 Å². The summed E-state index contributed by atoms with van der Waals surface area (Å²) < 4.78 is 12.0. The molecule has 28 heavy (non-hydrogen) atoms. The highest BCUT2D eigenvalue weighted by Crippen LogP contribution is 2.35. The van der Waals surface area contributed by atoms with Crippen molar-refractivity contribution in [2.75, 3.05) is 13.2 Å². The van der Waals surface area contributed by atoms with Gasteiger partial charge in [0.05, 0.1) is 6.54 Å². The third-order valence-electron chi connectivity index (χ3n) is 5.68. The Hall–Kier alpha value is -2.37. The molecule has 1 heterocycles. The van der Waals surface area contributed by atoms with E-state index < -0.39 is 11.9 Å². The zero-order valence-corrected chi connectivity index (χ0v) is 16.4. The third-order valence-corrected chi connectivity index (χ3v) is 5.68. The summed E-state index contributed by atoms with van der Waals surface area (Å²) in [6, 6.07) is 15.3. The van der Waals surface area contributed by atoms with Crippen molar-refractivity contribution in [3.05, 3.63) is 65.2 Å². The largest absolute Gasteiger partial charge is 0.455 e. The number of rotatable bonds is 5. The number of ether oxygens (including phenoxy) is 2. The molecule has 1 saturated heterocycles. The highest BCUT2D eigenvalue weighted by Gasteiger charge is 2.46. The van der Waals surface area contributed by atoms with Crippen molar-refractivity contribution in [1.29, 1.82) is 0 Å². The molecular formula is C23H27NO4. The second kappa shape index (κ2) is 7.57. The number of hydrogen-bond acceptors (Lipinski definition) is 4. The molecule has 0 bridgehead atoms. The molecule has 0 aromatic heterocycles. The van der Waals surface area contributed by atoms with Crippen molar-refractivity contribution < 1.29 is 19.4 Å². The summed E-state index contributed by atoms with van der Waals surface area (Å²) in [4.78, 5) is 13.9. The number of carbonyl (C=O) groups excluding carboxylic acids is 1. The van der Waals surface area contributed by atoms with Gasteiger partial charge in [0.15, 0.2) is 0 Å². The van der Waals surface area contributed by atoms with Crippen LogP contribution in [-0.2, 0) is 28.2 Å². The molecule has 0 saturated carbocycles. The minimum atomic E-state index is -1.69. The molecule has 2 aromatic rings. The van der Waals surface area contributed by atoms with Gasteiger partial charge in [-0.2, -0.15) is 0 Å². The highest BCUT2D eigenvalue weighted by atomic mass is 16.7. The summed E-state index contributed by atoms with van der Waals surface area (Å²) >= 11 is 0. The number of fused-ring (bicyclic) bond motifs is 1. The van der Waals surface area contributed by atoms with Gasteiger partial charge in [0.25, 0.3) is 5.79 Å². The van der Waals surface area contributed by atoms with Crippen LogP contribution in [0.5, 0.6) is 5.75 Å². The predicted octanol–water partition coefficient (Wildman–Crippen LogP) is 3.04. The lowest BCUT2D eigenvalue weighted by Crippen LogP contribution is -2.58. The Labute approximate surface area is 165 Å². The molecule has 5 heteroatoms.